The average Bonchev–Trinajstić information content (AvgIpc) is 2.72. The molecule has 1 aliphatic carbocycles. The Morgan fingerprint density at radius 2 is 2.00 bits per heavy atom. The molecule has 27 heavy (non-hydrogen) atoms. The van der Waals surface area contributed by atoms with Crippen LogP contribution < -0.4 is 4.90 Å². The molecule has 1 aliphatic heterocycles. The lowest BCUT2D eigenvalue weighted by atomic mass is 9.53. The van der Waals surface area contributed by atoms with Crippen LogP contribution in [0.25, 0.3) is 0 Å². The predicted molar refractivity (Wildman–Crippen MR) is 98.5 cm³/mol. The number of carbonyl (C=O) groups excluding carboxylic acids is 2. The number of ketones is 1. The molecule has 2 fully saturated rings. The summed E-state index contributed by atoms with van der Waals surface area (Å²) in [6, 6.07) is 13.4. The Bertz CT molecular complexity index is 909. The van der Waals surface area contributed by atoms with Gasteiger partial charge in [-0.3, -0.25) is 14.5 Å². The van der Waals surface area contributed by atoms with Gasteiger partial charge in [0.05, 0.1) is 11.5 Å². The van der Waals surface area contributed by atoms with Crippen LogP contribution >= 0.6 is 0 Å². The molecular formula is C21H20N4O2. The van der Waals surface area contributed by atoms with Gasteiger partial charge in [0.15, 0.2) is 5.78 Å². The first-order valence-electron chi connectivity index (χ1n) is 9.16. The van der Waals surface area contributed by atoms with Gasteiger partial charge >= 0.3 is 0 Å². The van der Waals surface area contributed by atoms with Crippen molar-refractivity contribution in [3.63, 3.8) is 0 Å². The molecule has 0 N–H and O–H groups in total. The van der Waals surface area contributed by atoms with Gasteiger partial charge in [-0.1, -0.05) is 37.3 Å². The summed E-state index contributed by atoms with van der Waals surface area (Å²) in [4.78, 5) is 36.4. The summed E-state index contributed by atoms with van der Waals surface area (Å²) >= 11 is 0. The minimum atomic E-state index is -0.891. The number of piperidine rings is 1. The van der Waals surface area contributed by atoms with Gasteiger partial charge in [0.2, 0.25) is 5.91 Å². The van der Waals surface area contributed by atoms with Crippen LogP contribution in [0.3, 0.4) is 0 Å². The number of fused-ring (bicyclic) bond motifs is 1. The number of amides is 1. The molecule has 1 aromatic carbocycles. The molecule has 4 atom stereocenters. The maximum Gasteiger partial charge on any atom is 0.239 e. The molecule has 1 aromatic heterocycles. The number of nitrogens with zero attached hydrogens (tertiary/aromatic N) is 4. The fourth-order valence-electron chi connectivity index (χ4n) is 4.83. The van der Waals surface area contributed by atoms with E-state index >= 15 is 0 Å². The highest BCUT2D eigenvalue weighted by Gasteiger charge is 2.59. The van der Waals surface area contributed by atoms with Gasteiger partial charge in [0, 0.05) is 18.7 Å². The molecule has 2 aromatic rings. The second-order valence-electron chi connectivity index (χ2n) is 7.33. The van der Waals surface area contributed by atoms with Crippen LogP contribution in [0, 0.1) is 29.1 Å². The highest BCUT2D eigenvalue weighted by Crippen LogP contribution is 2.52. The lowest BCUT2D eigenvalue weighted by molar-refractivity contribution is -0.141. The van der Waals surface area contributed by atoms with E-state index in [9.17, 15) is 14.9 Å². The zero-order chi connectivity index (χ0) is 19.0. The molecule has 2 heterocycles. The Balaban J connectivity index is 1.88. The summed E-state index contributed by atoms with van der Waals surface area (Å²) in [6.07, 6.45) is 3.95. The van der Waals surface area contributed by atoms with Crippen LogP contribution in [0.15, 0.2) is 48.9 Å². The predicted octanol–water partition coefficient (Wildman–Crippen LogP) is 2.52. The van der Waals surface area contributed by atoms with E-state index in [1.165, 1.54) is 6.33 Å². The molecule has 6 nitrogen and oxygen atoms in total. The summed E-state index contributed by atoms with van der Waals surface area (Å²) in [6.45, 7) is 2.37. The minimum Gasteiger partial charge on any atom is -0.298 e. The van der Waals surface area contributed by atoms with Crippen LogP contribution in [-0.4, -0.2) is 28.2 Å². The van der Waals surface area contributed by atoms with Gasteiger partial charge in [-0.15, -0.1) is 0 Å². The summed E-state index contributed by atoms with van der Waals surface area (Å²) in [5, 5.41) is 9.58. The van der Waals surface area contributed by atoms with Crippen LogP contribution in [-0.2, 0) is 15.0 Å². The quantitative estimate of drug-likeness (QED) is 0.821. The molecule has 0 spiro atoms. The third-order valence-electron chi connectivity index (χ3n) is 6.13. The molecule has 0 bridgehead atoms. The zero-order valence-corrected chi connectivity index (χ0v) is 15.1. The molecule has 0 radical (unpaired) electrons. The van der Waals surface area contributed by atoms with Crippen molar-refractivity contribution in [3.05, 3.63) is 54.5 Å². The first-order valence-corrected chi connectivity index (χ1v) is 9.16. The van der Waals surface area contributed by atoms with E-state index in [4.69, 9.17) is 0 Å². The first kappa shape index (κ1) is 17.3. The smallest absolute Gasteiger partial charge is 0.239 e. The lowest BCUT2D eigenvalue weighted by Crippen LogP contribution is -2.62. The minimum absolute atomic E-state index is 0.0441. The fraction of sp³-hybridized carbons (Fsp3) is 0.381. The summed E-state index contributed by atoms with van der Waals surface area (Å²) in [7, 11) is 0. The molecule has 1 saturated carbocycles. The standard InChI is InChI=1S/C21H20N4O2/c1-14-17-8-10-25(18-7-9-23-13-24-18)20(27)21(17,11-15(12-22)19(14)26)16-5-3-2-4-6-16/h2-7,9,13-15,17H,8,10-11H2,1H3/t14-,15?,17-,21+/m0/s1. The summed E-state index contributed by atoms with van der Waals surface area (Å²) in [5.74, 6) is -0.796. The van der Waals surface area contributed by atoms with Gasteiger partial charge < -0.3 is 0 Å². The van der Waals surface area contributed by atoms with Crippen molar-refractivity contribution in [2.75, 3.05) is 11.4 Å². The normalized spacial score (nSPS) is 30.5. The molecule has 1 saturated heterocycles. The number of nitriles is 1. The zero-order valence-electron chi connectivity index (χ0n) is 15.1. The van der Waals surface area contributed by atoms with Crippen molar-refractivity contribution in [3.8, 4) is 6.07 Å². The van der Waals surface area contributed by atoms with E-state index in [1.807, 2.05) is 37.3 Å². The van der Waals surface area contributed by atoms with Gasteiger partial charge in [-0.25, -0.2) is 9.97 Å². The maximum atomic E-state index is 13.8. The van der Waals surface area contributed by atoms with Crippen molar-refractivity contribution >= 4 is 17.5 Å². The number of carbonyl (C=O) groups is 2. The molecule has 6 heteroatoms. The molecular weight excluding hydrogens is 340 g/mol. The van der Waals surface area contributed by atoms with Crippen molar-refractivity contribution < 1.29 is 9.59 Å². The number of hydrogen-bond acceptors (Lipinski definition) is 5. The SMILES string of the molecule is C[C@@H]1C(=O)C(C#N)C[C@]2(c3ccccc3)C(=O)N(c3ccncn3)CC[C@@H]12. The van der Waals surface area contributed by atoms with Crippen LogP contribution in [0.1, 0.15) is 25.3 Å². The van der Waals surface area contributed by atoms with Crippen molar-refractivity contribution in [1.29, 1.82) is 5.26 Å². The van der Waals surface area contributed by atoms with E-state index in [0.717, 1.165) is 5.56 Å². The van der Waals surface area contributed by atoms with E-state index in [0.29, 0.717) is 18.8 Å². The number of rotatable bonds is 2. The lowest BCUT2D eigenvalue weighted by Gasteiger charge is -2.52. The third kappa shape index (κ3) is 2.54. The summed E-state index contributed by atoms with van der Waals surface area (Å²) in [5.41, 5.74) is -0.0172. The van der Waals surface area contributed by atoms with E-state index in [-0.39, 0.29) is 29.9 Å². The Morgan fingerprint density at radius 3 is 2.67 bits per heavy atom. The number of benzene rings is 1. The van der Waals surface area contributed by atoms with Gasteiger partial charge in [0.1, 0.15) is 18.1 Å². The van der Waals surface area contributed by atoms with Crippen molar-refractivity contribution in [2.45, 2.75) is 25.2 Å². The Kier molecular flexibility index (Phi) is 4.23. The maximum absolute atomic E-state index is 13.8. The Hall–Kier alpha value is -3.07. The molecule has 1 amide bonds. The number of aromatic nitrogens is 2. The third-order valence-corrected chi connectivity index (χ3v) is 6.13. The molecule has 4 rings (SSSR count). The van der Waals surface area contributed by atoms with Gasteiger partial charge in [0.25, 0.3) is 0 Å². The van der Waals surface area contributed by atoms with E-state index < -0.39 is 11.3 Å². The van der Waals surface area contributed by atoms with Crippen LogP contribution in [0.4, 0.5) is 5.82 Å². The highest BCUT2D eigenvalue weighted by molar-refractivity contribution is 6.04. The fourth-order valence-corrected chi connectivity index (χ4v) is 4.83. The topological polar surface area (TPSA) is 87.0 Å². The Morgan fingerprint density at radius 1 is 1.22 bits per heavy atom. The number of hydrogen-bond donors (Lipinski definition) is 0. The number of anilines is 1. The van der Waals surface area contributed by atoms with Gasteiger partial charge in [-0.2, -0.15) is 5.26 Å². The largest absolute Gasteiger partial charge is 0.298 e. The van der Waals surface area contributed by atoms with Crippen molar-refractivity contribution in [1.82, 2.24) is 9.97 Å². The summed E-state index contributed by atoms with van der Waals surface area (Å²) < 4.78 is 0. The molecule has 1 unspecified atom stereocenters. The molecule has 136 valence electrons. The van der Waals surface area contributed by atoms with Gasteiger partial charge in [-0.05, 0) is 30.4 Å². The van der Waals surface area contributed by atoms with Crippen LogP contribution in [0.5, 0.6) is 0 Å². The second kappa shape index (κ2) is 6.58. The monoisotopic (exact) mass is 360 g/mol. The number of Topliss-reactive ketones (excluding diaryl/α,β-unsaturated/α-hetero) is 1. The highest BCUT2D eigenvalue weighted by atomic mass is 16.2. The molecule has 2 aliphatic rings. The Labute approximate surface area is 157 Å². The van der Waals surface area contributed by atoms with Crippen molar-refractivity contribution in [2.24, 2.45) is 17.8 Å². The van der Waals surface area contributed by atoms with E-state index in [1.54, 1.807) is 17.2 Å². The first-order chi connectivity index (χ1) is 13.1. The second-order valence-corrected chi connectivity index (χ2v) is 7.33. The van der Waals surface area contributed by atoms with E-state index in [2.05, 4.69) is 16.0 Å². The van der Waals surface area contributed by atoms with Crippen LogP contribution in [0.2, 0.25) is 0 Å². The average molecular weight is 360 g/mol.